The highest BCUT2D eigenvalue weighted by molar-refractivity contribution is 5.97. The van der Waals surface area contributed by atoms with Crippen LogP contribution in [-0.4, -0.2) is 21.6 Å². The number of hydrazone groups is 1. The second-order valence-electron chi connectivity index (χ2n) is 3.99. The first-order chi connectivity index (χ1) is 9.25. The van der Waals surface area contributed by atoms with Crippen LogP contribution in [-0.2, 0) is 11.2 Å². The Hall–Kier alpha value is -2.56. The number of hydrogen-bond donors (Lipinski definition) is 1. The Bertz CT molecular complexity index is 567. The molecule has 1 aromatic carbocycles. The van der Waals surface area contributed by atoms with E-state index in [1.807, 2.05) is 30.3 Å². The molecule has 5 heteroatoms. The SMILES string of the molecule is CC(=NNC(=O)Cc1ccccc1)c1cnccn1. The third-order valence-electron chi connectivity index (χ3n) is 2.49. The molecule has 2 aromatic rings. The van der Waals surface area contributed by atoms with Gasteiger partial charge in [-0.25, -0.2) is 5.43 Å². The molecule has 0 spiro atoms. The Balaban J connectivity index is 1.93. The first kappa shape index (κ1) is 12.9. The molecule has 96 valence electrons. The summed E-state index contributed by atoms with van der Waals surface area (Å²) in [7, 11) is 0. The predicted octanol–water partition coefficient (Wildman–Crippen LogP) is 1.56. The first-order valence-electron chi connectivity index (χ1n) is 5.89. The van der Waals surface area contributed by atoms with Gasteiger partial charge in [0.25, 0.3) is 0 Å². The molecule has 0 saturated heterocycles. The van der Waals surface area contributed by atoms with Gasteiger partial charge in [-0.05, 0) is 12.5 Å². The summed E-state index contributed by atoms with van der Waals surface area (Å²) in [5, 5.41) is 4.01. The van der Waals surface area contributed by atoms with Gasteiger partial charge in [-0.1, -0.05) is 30.3 Å². The number of nitrogens with one attached hydrogen (secondary N) is 1. The largest absolute Gasteiger partial charge is 0.273 e. The van der Waals surface area contributed by atoms with Crippen LogP contribution in [0.25, 0.3) is 0 Å². The summed E-state index contributed by atoms with van der Waals surface area (Å²) >= 11 is 0. The average Bonchev–Trinajstić information content (AvgIpc) is 2.47. The smallest absolute Gasteiger partial charge is 0.244 e. The highest BCUT2D eigenvalue weighted by Gasteiger charge is 2.03. The average molecular weight is 254 g/mol. The highest BCUT2D eigenvalue weighted by atomic mass is 16.2. The second kappa shape index (κ2) is 6.39. The molecular formula is C14H14N4O. The fourth-order valence-electron chi connectivity index (χ4n) is 1.51. The second-order valence-corrected chi connectivity index (χ2v) is 3.99. The fourth-order valence-corrected chi connectivity index (χ4v) is 1.51. The lowest BCUT2D eigenvalue weighted by Crippen LogP contribution is -2.21. The van der Waals surface area contributed by atoms with E-state index in [4.69, 9.17) is 0 Å². The van der Waals surface area contributed by atoms with Crippen molar-refractivity contribution < 1.29 is 4.79 Å². The number of carbonyl (C=O) groups is 1. The number of hydrogen-bond acceptors (Lipinski definition) is 4. The zero-order chi connectivity index (χ0) is 13.5. The normalized spacial score (nSPS) is 11.1. The van der Waals surface area contributed by atoms with E-state index < -0.39 is 0 Å². The molecule has 2 rings (SSSR count). The summed E-state index contributed by atoms with van der Waals surface area (Å²) in [6.45, 7) is 1.77. The molecule has 19 heavy (non-hydrogen) atoms. The van der Waals surface area contributed by atoms with Gasteiger partial charge in [0.2, 0.25) is 5.91 Å². The quantitative estimate of drug-likeness (QED) is 0.665. The molecule has 0 unspecified atom stereocenters. The third kappa shape index (κ3) is 3.99. The van der Waals surface area contributed by atoms with E-state index in [2.05, 4.69) is 20.5 Å². The molecule has 0 aliphatic heterocycles. The van der Waals surface area contributed by atoms with E-state index in [1.165, 1.54) is 0 Å². The van der Waals surface area contributed by atoms with Gasteiger partial charge >= 0.3 is 0 Å². The van der Waals surface area contributed by atoms with Crippen molar-refractivity contribution in [3.05, 3.63) is 60.2 Å². The molecule has 1 amide bonds. The molecule has 0 atom stereocenters. The van der Waals surface area contributed by atoms with E-state index in [0.717, 1.165) is 5.56 Å². The Morgan fingerprint density at radius 3 is 2.74 bits per heavy atom. The summed E-state index contributed by atoms with van der Waals surface area (Å²) < 4.78 is 0. The van der Waals surface area contributed by atoms with Crippen molar-refractivity contribution in [2.45, 2.75) is 13.3 Å². The van der Waals surface area contributed by atoms with Crippen molar-refractivity contribution in [2.75, 3.05) is 0 Å². The zero-order valence-corrected chi connectivity index (χ0v) is 10.6. The number of carbonyl (C=O) groups excluding carboxylic acids is 1. The van der Waals surface area contributed by atoms with E-state index in [1.54, 1.807) is 25.5 Å². The van der Waals surface area contributed by atoms with Crippen LogP contribution in [0.2, 0.25) is 0 Å². The van der Waals surface area contributed by atoms with Crippen molar-refractivity contribution in [1.29, 1.82) is 0 Å². The van der Waals surface area contributed by atoms with E-state index in [-0.39, 0.29) is 5.91 Å². The molecule has 0 saturated carbocycles. The summed E-state index contributed by atoms with van der Waals surface area (Å²) in [5.41, 5.74) is 4.72. The van der Waals surface area contributed by atoms with Crippen LogP contribution < -0.4 is 5.43 Å². The van der Waals surface area contributed by atoms with Gasteiger partial charge in [0.05, 0.1) is 18.3 Å². The van der Waals surface area contributed by atoms with Crippen LogP contribution in [0, 0.1) is 0 Å². The van der Waals surface area contributed by atoms with Gasteiger partial charge in [-0.2, -0.15) is 5.10 Å². The molecule has 1 heterocycles. The van der Waals surface area contributed by atoms with Gasteiger partial charge < -0.3 is 0 Å². The maximum absolute atomic E-state index is 11.7. The molecule has 0 bridgehead atoms. The monoisotopic (exact) mass is 254 g/mol. The molecular weight excluding hydrogens is 240 g/mol. The number of nitrogens with zero attached hydrogens (tertiary/aromatic N) is 3. The minimum atomic E-state index is -0.158. The minimum Gasteiger partial charge on any atom is -0.273 e. The van der Waals surface area contributed by atoms with E-state index in [9.17, 15) is 4.79 Å². The molecule has 0 aliphatic carbocycles. The van der Waals surface area contributed by atoms with Crippen LogP contribution in [0.5, 0.6) is 0 Å². The molecule has 1 aromatic heterocycles. The van der Waals surface area contributed by atoms with Gasteiger partial charge in [-0.15, -0.1) is 0 Å². The van der Waals surface area contributed by atoms with Crippen LogP contribution in [0.1, 0.15) is 18.2 Å². The van der Waals surface area contributed by atoms with Crippen molar-refractivity contribution in [1.82, 2.24) is 15.4 Å². The van der Waals surface area contributed by atoms with Gasteiger partial charge in [0.1, 0.15) is 5.69 Å². The Morgan fingerprint density at radius 1 is 1.26 bits per heavy atom. The van der Waals surface area contributed by atoms with Crippen LogP contribution in [0.4, 0.5) is 0 Å². The topological polar surface area (TPSA) is 67.2 Å². The number of rotatable bonds is 4. The van der Waals surface area contributed by atoms with Crippen molar-refractivity contribution in [3.63, 3.8) is 0 Å². The maximum atomic E-state index is 11.7. The summed E-state index contributed by atoms with van der Waals surface area (Å²) in [6, 6.07) is 9.52. The Morgan fingerprint density at radius 2 is 2.05 bits per heavy atom. The summed E-state index contributed by atoms with van der Waals surface area (Å²) in [6.07, 6.45) is 5.07. The minimum absolute atomic E-state index is 0.158. The summed E-state index contributed by atoms with van der Waals surface area (Å²) in [5.74, 6) is -0.158. The summed E-state index contributed by atoms with van der Waals surface area (Å²) in [4.78, 5) is 19.7. The zero-order valence-electron chi connectivity index (χ0n) is 10.6. The van der Waals surface area contributed by atoms with Crippen molar-refractivity contribution in [3.8, 4) is 0 Å². The number of amides is 1. The van der Waals surface area contributed by atoms with Crippen LogP contribution in [0.15, 0.2) is 54.0 Å². The van der Waals surface area contributed by atoms with Gasteiger partial charge in [0.15, 0.2) is 0 Å². The molecule has 1 N–H and O–H groups in total. The third-order valence-corrected chi connectivity index (χ3v) is 2.49. The van der Waals surface area contributed by atoms with Crippen LogP contribution >= 0.6 is 0 Å². The lowest BCUT2D eigenvalue weighted by molar-refractivity contribution is -0.120. The molecule has 0 aliphatic rings. The standard InChI is InChI=1S/C14H14N4O/c1-11(13-10-15-7-8-16-13)17-18-14(19)9-12-5-3-2-4-6-12/h2-8,10H,9H2,1H3,(H,18,19). The predicted molar refractivity (Wildman–Crippen MR) is 72.5 cm³/mol. The highest BCUT2D eigenvalue weighted by Crippen LogP contribution is 1.99. The molecule has 0 radical (unpaired) electrons. The lowest BCUT2D eigenvalue weighted by Gasteiger charge is -2.02. The Kier molecular flexibility index (Phi) is 4.34. The molecule has 0 fully saturated rings. The maximum Gasteiger partial charge on any atom is 0.244 e. The van der Waals surface area contributed by atoms with Crippen molar-refractivity contribution in [2.24, 2.45) is 5.10 Å². The first-order valence-corrected chi connectivity index (χ1v) is 5.89. The number of aromatic nitrogens is 2. The fraction of sp³-hybridized carbons (Fsp3) is 0.143. The van der Waals surface area contributed by atoms with E-state index >= 15 is 0 Å². The van der Waals surface area contributed by atoms with E-state index in [0.29, 0.717) is 17.8 Å². The van der Waals surface area contributed by atoms with Gasteiger partial charge in [-0.3, -0.25) is 14.8 Å². The van der Waals surface area contributed by atoms with Crippen LogP contribution in [0.3, 0.4) is 0 Å². The lowest BCUT2D eigenvalue weighted by atomic mass is 10.1. The number of benzene rings is 1. The van der Waals surface area contributed by atoms with Crippen molar-refractivity contribution >= 4 is 11.6 Å². The Labute approximate surface area is 111 Å². The molecule has 5 nitrogen and oxygen atoms in total. The van der Waals surface area contributed by atoms with Gasteiger partial charge in [0, 0.05) is 12.4 Å².